The van der Waals surface area contributed by atoms with Crippen LogP contribution in [-0.2, 0) is 6.18 Å². The molecule has 0 aliphatic carbocycles. The molecule has 6 heteroatoms. The molecule has 0 heterocycles. The number of alkyl halides is 3. The van der Waals surface area contributed by atoms with Crippen molar-refractivity contribution in [1.29, 1.82) is 0 Å². The number of benzene rings is 2. The number of aromatic hydroxyl groups is 1. The first kappa shape index (κ1) is 13.7. The molecule has 19 heavy (non-hydrogen) atoms. The van der Waals surface area contributed by atoms with Gasteiger partial charge in [-0.25, -0.2) is 4.39 Å². The quantitative estimate of drug-likeness (QED) is 0.743. The third-order valence-corrected chi connectivity index (χ3v) is 2.80. The maximum absolute atomic E-state index is 13.8. The molecule has 0 aromatic heterocycles. The van der Waals surface area contributed by atoms with Gasteiger partial charge in [-0.2, -0.15) is 13.2 Å². The van der Waals surface area contributed by atoms with Gasteiger partial charge in [0.25, 0.3) is 0 Å². The van der Waals surface area contributed by atoms with E-state index in [-0.39, 0.29) is 16.1 Å². The van der Waals surface area contributed by atoms with Gasteiger partial charge < -0.3 is 5.11 Å². The minimum atomic E-state index is -4.62. The van der Waals surface area contributed by atoms with Gasteiger partial charge in [0.15, 0.2) is 0 Å². The summed E-state index contributed by atoms with van der Waals surface area (Å²) >= 11 is 5.57. The number of phenols is 1. The summed E-state index contributed by atoms with van der Waals surface area (Å²) in [5.41, 5.74) is -1.25. The van der Waals surface area contributed by atoms with Gasteiger partial charge in [0, 0.05) is 5.56 Å². The molecule has 0 unspecified atom stereocenters. The Morgan fingerprint density at radius 1 is 1.05 bits per heavy atom. The van der Waals surface area contributed by atoms with E-state index in [0.717, 1.165) is 12.1 Å². The van der Waals surface area contributed by atoms with Crippen LogP contribution in [0.1, 0.15) is 5.56 Å². The van der Waals surface area contributed by atoms with E-state index in [2.05, 4.69) is 0 Å². The third-order valence-electron chi connectivity index (χ3n) is 2.51. The highest BCUT2D eigenvalue weighted by Crippen LogP contribution is 2.36. The van der Waals surface area contributed by atoms with Gasteiger partial charge in [0.1, 0.15) is 11.6 Å². The molecule has 0 amide bonds. The molecule has 0 spiro atoms. The van der Waals surface area contributed by atoms with Gasteiger partial charge in [0.05, 0.1) is 10.6 Å². The maximum atomic E-state index is 13.8. The highest BCUT2D eigenvalue weighted by molar-refractivity contribution is 6.31. The molecule has 1 N–H and O–H groups in total. The van der Waals surface area contributed by atoms with Gasteiger partial charge in [0.2, 0.25) is 0 Å². The monoisotopic (exact) mass is 290 g/mol. The van der Waals surface area contributed by atoms with Crippen LogP contribution < -0.4 is 0 Å². The number of rotatable bonds is 1. The van der Waals surface area contributed by atoms with Crippen LogP contribution in [0.25, 0.3) is 11.1 Å². The first-order valence-electron chi connectivity index (χ1n) is 5.14. The predicted octanol–water partition coefficient (Wildman–Crippen LogP) is 4.87. The highest BCUT2D eigenvalue weighted by atomic mass is 35.5. The summed E-state index contributed by atoms with van der Waals surface area (Å²) in [7, 11) is 0. The summed E-state index contributed by atoms with van der Waals surface area (Å²) in [6.45, 7) is 0. The third kappa shape index (κ3) is 2.81. The van der Waals surface area contributed by atoms with Crippen LogP contribution >= 0.6 is 11.6 Å². The minimum Gasteiger partial charge on any atom is -0.508 e. The molecule has 0 radical (unpaired) electrons. The standard InChI is InChI=1S/C13H7ClF4O/c14-11-3-1-2-10(12(11)15)7-4-8(13(16,17)18)6-9(19)5-7/h1-6,19H. The average molecular weight is 291 g/mol. The molecule has 2 aromatic rings. The van der Waals surface area contributed by atoms with Crippen molar-refractivity contribution < 1.29 is 22.7 Å². The smallest absolute Gasteiger partial charge is 0.416 e. The first-order chi connectivity index (χ1) is 8.79. The van der Waals surface area contributed by atoms with E-state index in [0.29, 0.717) is 6.07 Å². The van der Waals surface area contributed by atoms with Crippen LogP contribution in [0.15, 0.2) is 36.4 Å². The summed E-state index contributed by atoms with van der Waals surface area (Å²) in [6.07, 6.45) is -4.62. The average Bonchev–Trinajstić information content (AvgIpc) is 2.31. The fraction of sp³-hybridized carbons (Fsp3) is 0.0769. The lowest BCUT2D eigenvalue weighted by molar-refractivity contribution is -0.137. The Hall–Kier alpha value is -1.75. The molecular formula is C13H7ClF4O. The number of hydrogen-bond donors (Lipinski definition) is 1. The van der Waals surface area contributed by atoms with Crippen molar-refractivity contribution in [3.05, 3.63) is 52.8 Å². The van der Waals surface area contributed by atoms with E-state index in [1.807, 2.05) is 0 Å². The lowest BCUT2D eigenvalue weighted by Gasteiger charge is -2.11. The number of halogens is 5. The van der Waals surface area contributed by atoms with E-state index in [1.165, 1.54) is 18.2 Å². The highest BCUT2D eigenvalue weighted by Gasteiger charge is 2.31. The van der Waals surface area contributed by atoms with Gasteiger partial charge >= 0.3 is 6.18 Å². The van der Waals surface area contributed by atoms with E-state index < -0.39 is 23.3 Å². The molecule has 0 saturated heterocycles. The van der Waals surface area contributed by atoms with Gasteiger partial charge in [-0.1, -0.05) is 23.7 Å². The van der Waals surface area contributed by atoms with Gasteiger partial charge in [-0.15, -0.1) is 0 Å². The summed E-state index contributed by atoms with van der Waals surface area (Å²) in [5.74, 6) is -1.42. The molecule has 2 rings (SSSR count). The summed E-state index contributed by atoms with van der Waals surface area (Å²) in [4.78, 5) is 0. The number of hydrogen-bond acceptors (Lipinski definition) is 1. The lowest BCUT2D eigenvalue weighted by atomic mass is 10.0. The fourth-order valence-corrected chi connectivity index (χ4v) is 1.83. The van der Waals surface area contributed by atoms with E-state index in [9.17, 15) is 22.7 Å². The second-order valence-corrected chi connectivity index (χ2v) is 4.27. The summed E-state index contributed by atoms with van der Waals surface area (Å²) < 4.78 is 51.6. The first-order valence-corrected chi connectivity index (χ1v) is 5.52. The van der Waals surface area contributed by atoms with Crippen LogP contribution in [0.5, 0.6) is 5.75 Å². The topological polar surface area (TPSA) is 20.2 Å². The molecule has 0 aliphatic rings. The van der Waals surface area contributed by atoms with Gasteiger partial charge in [-0.05, 0) is 29.8 Å². The lowest BCUT2D eigenvalue weighted by Crippen LogP contribution is -2.04. The zero-order valence-electron chi connectivity index (χ0n) is 9.30. The van der Waals surface area contributed by atoms with Crippen LogP contribution in [0, 0.1) is 5.82 Å². The molecule has 1 nitrogen and oxygen atoms in total. The van der Waals surface area contributed by atoms with Crippen LogP contribution in [0.2, 0.25) is 5.02 Å². The van der Waals surface area contributed by atoms with Gasteiger partial charge in [-0.3, -0.25) is 0 Å². The second kappa shape index (κ2) is 4.74. The molecular weight excluding hydrogens is 284 g/mol. The van der Waals surface area contributed by atoms with Crippen molar-refractivity contribution in [2.75, 3.05) is 0 Å². The van der Waals surface area contributed by atoms with Crippen molar-refractivity contribution in [3.63, 3.8) is 0 Å². The van der Waals surface area contributed by atoms with Crippen LogP contribution in [0.3, 0.4) is 0 Å². The van der Waals surface area contributed by atoms with Crippen molar-refractivity contribution in [2.45, 2.75) is 6.18 Å². The Morgan fingerprint density at radius 2 is 1.74 bits per heavy atom. The molecule has 2 aromatic carbocycles. The summed E-state index contributed by atoms with van der Waals surface area (Å²) in [5, 5.41) is 9.12. The Bertz CT molecular complexity index is 623. The Kier molecular flexibility index (Phi) is 3.41. The zero-order chi connectivity index (χ0) is 14.2. The number of phenolic OH excluding ortho intramolecular Hbond substituents is 1. The normalized spacial score (nSPS) is 11.6. The molecule has 0 atom stereocenters. The molecule has 0 bridgehead atoms. The minimum absolute atomic E-state index is 0.0904. The zero-order valence-corrected chi connectivity index (χ0v) is 10.1. The predicted molar refractivity (Wildman–Crippen MR) is 63.5 cm³/mol. The Balaban J connectivity index is 2.63. The van der Waals surface area contributed by atoms with E-state index >= 15 is 0 Å². The van der Waals surface area contributed by atoms with Crippen LogP contribution in [0.4, 0.5) is 17.6 Å². The van der Waals surface area contributed by atoms with Crippen molar-refractivity contribution in [2.24, 2.45) is 0 Å². The molecule has 0 saturated carbocycles. The van der Waals surface area contributed by atoms with Crippen molar-refractivity contribution in [3.8, 4) is 16.9 Å². The molecule has 0 aliphatic heterocycles. The van der Waals surface area contributed by atoms with E-state index in [1.54, 1.807) is 0 Å². The van der Waals surface area contributed by atoms with Crippen molar-refractivity contribution in [1.82, 2.24) is 0 Å². The SMILES string of the molecule is Oc1cc(-c2cccc(Cl)c2F)cc(C(F)(F)F)c1. The largest absolute Gasteiger partial charge is 0.508 e. The molecule has 0 fully saturated rings. The van der Waals surface area contributed by atoms with Crippen molar-refractivity contribution >= 4 is 11.6 Å². The Morgan fingerprint density at radius 3 is 2.37 bits per heavy atom. The van der Waals surface area contributed by atoms with Crippen LogP contribution in [-0.4, -0.2) is 5.11 Å². The van der Waals surface area contributed by atoms with E-state index in [4.69, 9.17) is 11.6 Å². The summed E-state index contributed by atoms with van der Waals surface area (Å²) in [6, 6.07) is 6.37. The second-order valence-electron chi connectivity index (χ2n) is 3.87. The fourth-order valence-electron chi connectivity index (χ4n) is 1.66. The Labute approximate surface area is 111 Å². The molecule has 100 valence electrons. The maximum Gasteiger partial charge on any atom is 0.416 e.